The van der Waals surface area contributed by atoms with Gasteiger partial charge < -0.3 is 10.3 Å². The van der Waals surface area contributed by atoms with Gasteiger partial charge in [-0.25, -0.2) is 19.9 Å². The van der Waals surface area contributed by atoms with Crippen molar-refractivity contribution in [2.75, 3.05) is 5.73 Å². The lowest BCUT2D eigenvalue weighted by Gasteiger charge is -2.03. The van der Waals surface area contributed by atoms with Crippen molar-refractivity contribution in [1.29, 1.82) is 0 Å². The van der Waals surface area contributed by atoms with Crippen LogP contribution in [0.4, 0.5) is 5.82 Å². The fourth-order valence-electron chi connectivity index (χ4n) is 1.81. The van der Waals surface area contributed by atoms with E-state index in [-0.39, 0.29) is 0 Å². The lowest BCUT2D eigenvalue weighted by atomic mass is 10.4. The number of aryl methyl sites for hydroxylation is 2. The summed E-state index contributed by atoms with van der Waals surface area (Å²) in [6.07, 6.45) is 7.33. The molecule has 0 aromatic carbocycles. The quantitative estimate of drug-likeness (QED) is 0.698. The molecule has 0 aliphatic heterocycles. The van der Waals surface area contributed by atoms with Crippen LogP contribution in [0.1, 0.15) is 6.42 Å². The van der Waals surface area contributed by atoms with Crippen LogP contribution in [0.2, 0.25) is 0 Å². The van der Waals surface area contributed by atoms with Crippen molar-refractivity contribution in [2.45, 2.75) is 19.5 Å². The molecule has 0 saturated carbocycles. The number of nitrogen functional groups attached to an aromatic ring is 1. The second-order valence-electron chi connectivity index (χ2n) is 3.88. The Morgan fingerprint density at radius 1 is 1.06 bits per heavy atom. The summed E-state index contributed by atoms with van der Waals surface area (Å²) in [5, 5.41) is 4.05. The maximum Gasteiger partial charge on any atom is 0.165 e. The van der Waals surface area contributed by atoms with Gasteiger partial charge in [-0.3, -0.25) is 4.68 Å². The molecule has 3 aromatic heterocycles. The van der Waals surface area contributed by atoms with E-state index in [9.17, 15) is 0 Å². The molecule has 0 radical (unpaired) electrons. The zero-order valence-electron chi connectivity index (χ0n) is 9.64. The number of imidazole rings is 1. The van der Waals surface area contributed by atoms with E-state index in [4.69, 9.17) is 5.73 Å². The summed E-state index contributed by atoms with van der Waals surface area (Å²) in [6, 6.07) is 0. The highest BCUT2D eigenvalue weighted by Gasteiger charge is 2.07. The maximum absolute atomic E-state index is 5.73. The lowest BCUT2D eigenvalue weighted by Crippen LogP contribution is -2.04. The van der Waals surface area contributed by atoms with Crippen molar-refractivity contribution < 1.29 is 0 Å². The molecular weight excluding hydrogens is 232 g/mol. The zero-order valence-corrected chi connectivity index (χ0v) is 9.64. The Labute approximate surface area is 103 Å². The van der Waals surface area contributed by atoms with Crippen molar-refractivity contribution in [2.24, 2.45) is 0 Å². The average Bonchev–Trinajstić information content (AvgIpc) is 3.00. The largest absolute Gasteiger partial charge is 0.382 e. The second kappa shape index (κ2) is 4.40. The summed E-state index contributed by atoms with van der Waals surface area (Å²) in [6.45, 7) is 1.60. The molecule has 3 rings (SSSR count). The summed E-state index contributed by atoms with van der Waals surface area (Å²) in [7, 11) is 0. The van der Waals surface area contributed by atoms with Gasteiger partial charge >= 0.3 is 0 Å². The predicted molar refractivity (Wildman–Crippen MR) is 64.4 cm³/mol. The van der Waals surface area contributed by atoms with Gasteiger partial charge in [0, 0.05) is 13.1 Å². The van der Waals surface area contributed by atoms with Gasteiger partial charge in [-0.1, -0.05) is 0 Å². The monoisotopic (exact) mass is 244 g/mol. The lowest BCUT2D eigenvalue weighted by molar-refractivity contribution is 0.530. The van der Waals surface area contributed by atoms with Crippen LogP contribution in [-0.2, 0) is 13.1 Å². The van der Waals surface area contributed by atoms with Gasteiger partial charge in [-0.15, -0.1) is 0 Å². The minimum Gasteiger partial charge on any atom is -0.382 e. The SMILES string of the molecule is Nc1ncnc2c1ncn2CCCn1cncn1. The second-order valence-corrected chi connectivity index (χ2v) is 3.88. The Morgan fingerprint density at radius 2 is 2.00 bits per heavy atom. The van der Waals surface area contributed by atoms with Crippen LogP contribution in [0.15, 0.2) is 25.3 Å². The fourth-order valence-corrected chi connectivity index (χ4v) is 1.81. The zero-order chi connectivity index (χ0) is 12.4. The van der Waals surface area contributed by atoms with Gasteiger partial charge in [-0.2, -0.15) is 5.10 Å². The van der Waals surface area contributed by atoms with Gasteiger partial charge in [0.15, 0.2) is 11.5 Å². The molecule has 0 aliphatic rings. The standard InChI is InChI=1S/C10H12N8/c11-9-8-10(14-5-13-9)17(7-15-8)2-1-3-18-6-12-4-16-18/h4-7H,1-3H2,(H2,11,13,14). The van der Waals surface area contributed by atoms with E-state index in [1.165, 1.54) is 12.7 Å². The van der Waals surface area contributed by atoms with Gasteiger partial charge in [0.05, 0.1) is 6.33 Å². The highest BCUT2D eigenvalue weighted by atomic mass is 15.3. The van der Waals surface area contributed by atoms with Gasteiger partial charge in [0.1, 0.15) is 24.5 Å². The topological polar surface area (TPSA) is 100 Å². The van der Waals surface area contributed by atoms with Crippen LogP contribution >= 0.6 is 0 Å². The van der Waals surface area contributed by atoms with Crippen LogP contribution in [0.3, 0.4) is 0 Å². The molecule has 0 bridgehead atoms. The minimum atomic E-state index is 0.412. The predicted octanol–water partition coefficient (Wildman–Crippen LogP) is 0.0903. The number of anilines is 1. The van der Waals surface area contributed by atoms with E-state index in [0.29, 0.717) is 11.3 Å². The van der Waals surface area contributed by atoms with Crippen molar-refractivity contribution in [1.82, 2.24) is 34.3 Å². The Hall–Kier alpha value is -2.51. The number of hydrogen-bond donors (Lipinski definition) is 1. The summed E-state index contributed by atoms with van der Waals surface area (Å²) >= 11 is 0. The molecular formula is C10H12N8. The highest BCUT2D eigenvalue weighted by molar-refractivity contribution is 5.80. The Kier molecular flexibility index (Phi) is 2.60. The molecule has 3 heterocycles. The molecule has 8 nitrogen and oxygen atoms in total. The summed E-state index contributed by atoms with van der Waals surface area (Å²) in [5.41, 5.74) is 7.14. The Bertz CT molecular complexity index is 641. The van der Waals surface area contributed by atoms with Crippen molar-refractivity contribution in [3.8, 4) is 0 Å². The molecule has 0 atom stereocenters. The molecule has 2 N–H and O–H groups in total. The van der Waals surface area contributed by atoms with E-state index in [2.05, 4.69) is 25.0 Å². The van der Waals surface area contributed by atoms with E-state index < -0.39 is 0 Å². The van der Waals surface area contributed by atoms with E-state index >= 15 is 0 Å². The maximum atomic E-state index is 5.73. The number of fused-ring (bicyclic) bond motifs is 1. The molecule has 0 spiro atoms. The van der Waals surface area contributed by atoms with E-state index in [1.54, 1.807) is 17.3 Å². The van der Waals surface area contributed by atoms with Gasteiger partial charge in [0.25, 0.3) is 0 Å². The third kappa shape index (κ3) is 1.88. The van der Waals surface area contributed by atoms with Crippen LogP contribution in [0.5, 0.6) is 0 Å². The van der Waals surface area contributed by atoms with Crippen molar-refractivity contribution >= 4 is 17.0 Å². The van der Waals surface area contributed by atoms with Crippen molar-refractivity contribution in [3.05, 3.63) is 25.3 Å². The molecule has 3 aromatic rings. The van der Waals surface area contributed by atoms with E-state index in [1.807, 2.05) is 4.57 Å². The highest BCUT2D eigenvalue weighted by Crippen LogP contribution is 2.14. The van der Waals surface area contributed by atoms with E-state index in [0.717, 1.165) is 25.2 Å². The summed E-state index contributed by atoms with van der Waals surface area (Å²) < 4.78 is 3.76. The normalized spacial score (nSPS) is 11.1. The summed E-state index contributed by atoms with van der Waals surface area (Å²) in [5.74, 6) is 0.412. The Morgan fingerprint density at radius 3 is 2.83 bits per heavy atom. The Balaban J connectivity index is 1.73. The number of rotatable bonds is 4. The van der Waals surface area contributed by atoms with Crippen LogP contribution in [-0.4, -0.2) is 34.3 Å². The van der Waals surface area contributed by atoms with Gasteiger partial charge in [-0.05, 0) is 6.42 Å². The first-order valence-electron chi connectivity index (χ1n) is 5.58. The number of aromatic nitrogens is 7. The number of nitrogens with two attached hydrogens (primary N) is 1. The summed E-state index contributed by atoms with van der Waals surface area (Å²) in [4.78, 5) is 16.2. The minimum absolute atomic E-state index is 0.412. The molecule has 0 aliphatic carbocycles. The van der Waals surface area contributed by atoms with Crippen LogP contribution < -0.4 is 5.73 Å². The van der Waals surface area contributed by atoms with Crippen LogP contribution in [0.25, 0.3) is 11.2 Å². The molecule has 0 fully saturated rings. The van der Waals surface area contributed by atoms with Crippen molar-refractivity contribution in [3.63, 3.8) is 0 Å². The molecule has 0 unspecified atom stereocenters. The van der Waals surface area contributed by atoms with Crippen LogP contribution in [0, 0.1) is 0 Å². The number of hydrogen-bond acceptors (Lipinski definition) is 6. The third-order valence-electron chi connectivity index (χ3n) is 2.68. The molecule has 0 saturated heterocycles. The smallest absolute Gasteiger partial charge is 0.165 e. The first kappa shape index (κ1) is 10.6. The molecule has 92 valence electrons. The average molecular weight is 244 g/mol. The third-order valence-corrected chi connectivity index (χ3v) is 2.68. The molecule has 0 amide bonds. The van der Waals surface area contributed by atoms with Gasteiger partial charge in [0.2, 0.25) is 0 Å². The first-order valence-corrected chi connectivity index (χ1v) is 5.58. The molecule has 8 heteroatoms. The molecule has 18 heavy (non-hydrogen) atoms. The fraction of sp³-hybridized carbons (Fsp3) is 0.300. The first-order chi connectivity index (χ1) is 8.84. The number of nitrogens with zero attached hydrogens (tertiary/aromatic N) is 7.